The van der Waals surface area contributed by atoms with Gasteiger partial charge < -0.3 is 19.6 Å². The molecule has 0 radical (unpaired) electrons. The Bertz CT molecular complexity index is 1540. The first-order valence-corrected chi connectivity index (χ1v) is 15.5. The van der Waals surface area contributed by atoms with Gasteiger partial charge in [-0.25, -0.2) is 23.4 Å². The van der Waals surface area contributed by atoms with Crippen LogP contribution in [-0.2, 0) is 30.8 Å². The number of fused-ring (bicyclic) bond motifs is 1. The maximum absolute atomic E-state index is 13.3. The van der Waals surface area contributed by atoms with Gasteiger partial charge in [-0.1, -0.05) is 28.6 Å². The smallest absolute Gasteiger partial charge is 0.280 e. The van der Waals surface area contributed by atoms with Crippen molar-refractivity contribution in [1.82, 2.24) is 20.3 Å². The minimum atomic E-state index is -3.50. The van der Waals surface area contributed by atoms with Gasteiger partial charge in [0.2, 0.25) is 5.88 Å². The molecule has 0 aliphatic heterocycles. The van der Waals surface area contributed by atoms with Crippen molar-refractivity contribution in [1.29, 1.82) is 0 Å². The lowest BCUT2D eigenvalue weighted by Gasteiger charge is -2.08. The Morgan fingerprint density at radius 1 is 1.10 bits per heavy atom. The zero-order chi connectivity index (χ0) is 28.4. The number of carbonyl (C=O) groups is 1. The summed E-state index contributed by atoms with van der Waals surface area (Å²) in [6.45, 7) is 1.56. The van der Waals surface area contributed by atoms with Crippen LogP contribution < -0.4 is 15.4 Å². The van der Waals surface area contributed by atoms with Crippen molar-refractivity contribution in [2.24, 2.45) is 5.16 Å². The number of aromatic nitrogens is 3. The molecule has 4 rings (SSSR count). The highest BCUT2D eigenvalue weighted by molar-refractivity contribution is 7.91. The van der Waals surface area contributed by atoms with Gasteiger partial charge in [-0.2, -0.15) is 0 Å². The molecule has 0 unspecified atom stereocenters. The maximum atomic E-state index is 13.3. The predicted octanol–water partition coefficient (Wildman–Crippen LogP) is 3.12. The molecular formula is C25H28N6O6S3. The third-order valence-electron chi connectivity index (χ3n) is 5.34. The Balaban J connectivity index is 1.53. The quantitative estimate of drug-likeness (QED) is 0.118. The van der Waals surface area contributed by atoms with Crippen LogP contribution in [0.25, 0.3) is 10.3 Å². The first-order valence-electron chi connectivity index (χ1n) is 12.2. The molecule has 0 spiro atoms. The Kier molecular flexibility index (Phi) is 10.5. The highest BCUT2D eigenvalue weighted by Crippen LogP contribution is 2.26. The van der Waals surface area contributed by atoms with E-state index in [4.69, 9.17) is 14.3 Å². The molecule has 212 valence electrons. The number of carbonyl (C=O) groups excluding carboxylic acids is 1. The average molecular weight is 605 g/mol. The largest absolute Gasteiger partial charge is 0.476 e. The van der Waals surface area contributed by atoms with E-state index < -0.39 is 15.7 Å². The summed E-state index contributed by atoms with van der Waals surface area (Å²) in [7, 11) is -0.149. The van der Waals surface area contributed by atoms with E-state index in [1.54, 1.807) is 23.7 Å². The van der Waals surface area contributed by atoms with Crippen LogP contribution in [-0.4, -0.2) is 74.7 Å². The zero-order valence-corrected chi connectivity index (χ0v) is 24.3. The number of likely N-dealkylation sites (N-methyl/N-ethyl adjacent to an activating group) is 1. The van der Waals surface area contributed by atoms with Crippen molar-refractivity contribution in [2.75, 3.05) is 45.0 Å². The second-order valence-corrected chi connectivity index (χ2v) is 12.3. The molecular weight excluding hydrogens is 577 g/mol. The van der Waals surface area contributed by atoms with E-state index in [2.05, 4.69) is 30.7 Å². The number of benzene rings is 1. The number of hydrogen-bond donors (Lipinski definition) is 2. The van der Waals surface area contributed by atoms with Gasteiger partial charge >= 0.3 is 0 Å². The van der Waals surface area contributed by atoms with E-state index in [0.717, 1.165) is 0 Å². The SMILES string of the molecule is CNCCOc1ccc2nc(NC(=O)C(=NOCc3nccs3)c3ccc(S(=O)(=O)CCCOC)cc3)sc2n1. The summed E-state index contributed by atoms with van der Waals surface area (Å²) >= 11 is 2.58. The normalized spacial score (nSPS) is 12.0. The van der Waals surface area contributed by atoms with E-state index in [1.807, 2.05) is 7.05 Å². The van der Waals surface area contributed by atoms with Crippen LogP contribution in [0.2, 0.25) is 0 Å². The van der Waals surface area contributed by atoms with Crippen molar-refractivity contribution in [2.45, 2.75) is 17.9 Å². The van der Waals surface area contributed by atoms with Crippen molar-refractivity contribution in [3.8, 4) is 5.88 Å². The molecule has 0 atom stereocenters. The fraction of sp³-hybridized carbons (Fsp3) is 0.320. The number of hydrogen-bond acceptors (Lipinski definition) is 13. The van der Waals surface area contributed by atoms with E-state index in [-0.39, 0.29) is 23.0 Å². The van der Waals surface area contributed by atoms with Gasteiger partial charge in [0.05, 0.1) is 10.6 Å². The molecule has 4 aromatic rings. The molecule has 1 amide bonds. The minimum absolute atomic E-state index is 0.0492. The maximum Gasteiger partial charge on any atom is 0.280 e. The highest BCUT2D eigenvalue weighted by Gasteiger charge is 2.20. The topological polar surface area (TPSA) is 154 Å². The Labute approximate surface area is 239 Å². The fourth-order valence-corrected chi connectivity index (χ4v) is 6.01. The van der Waals surface area contributed by atoms with Gasteiger partial charge in [0.25, 0.3) is 5.91 Å². The minimum Gasteiger partial charge on any atom is -0.476 e. The van der Waals surface area contributed by atoms with Crippen molar-refractivity contribution in [3.63, 3.8) is 0 Å². The third kappa shape index (κ3) is 8.02. The number of anilines is 1. The first kappa shape index (κ1) is 29.5. The zero-order valence-electron chi connectivity index (χ0n) is 21.8. The Morgan fingerprint density at radius 3 is 2.65 bits per heavy atom. The second kappa shape index (κ2) is 14.2. The number of nitrogens with one attached hydrogen (secondary N) is 2. The van der Waals surface area contributed by atoms with Gasteiger partial charge in [0, 0.05) is 43.5 Å². The summed E-state index contributed by atoms with van der Waals surface area (Å²) in [4.78, 5) is 32.5. The average Bonchev–Trinajstić information content (AvgIpc) is 3.61. The number of pyridine rings is 1. The molecule has 0 bridgehead atoms. The molecule has 12 nitrogen and oxygen atoms in total. The number of oxime groups is 1. The Hall–Kier alpha value is -3.50. The fourth-order valence-electron chi connectivity index (χ4n) is 3.38. The van der Waals surface area contributed by atoms with Crippen LogP contribution in [0.1, 0.15) is 17.0 Å². The summed E-state index contributed by atoms with van der Waals surface area (Å²) in [5.41, 5.74) is 0.915. The number of amides is 1. The van der Waals surface area contributed by atoms with Crippen LogP contribution in [0.4, 0.5) is 5.13 Å². The van der Waals surface area contributed by atoms with Crippen LogP contribution in [0.3, 0.4) is 0 Å². The monoisotopic (exact) mass is 604 g/mol. The van der Waals surface area contributed by atoms with Crippen molar-refractivity contribution >= 4 is 59.6 Å². The van der Waals surface area contributed by atoms with Gasteiger partial charge in [-0.3, -0.25) is 10.1 Å². The molecule has 0 aliphatic carbocycles. The summed E-state index contributed by atoms with van der Waals surface area (Å²) in [6, 6.07) is 9.40. The standard InChI is InChI=1S/C25H28N6O6S3/c1-26-10-13-36-20-9-8-19-24(29-20)39-25(28-19)30-23(32)22(31-37-16-21-27-11-14-38-21)17-4-6-18(7-5-17)40(33,34)15-3-12-35-2/h4-9,11,14,26H,3,10,12-13,15-16H2,1-2H3,(H,28,30,32). The van der Waals surface area contributed by atoms with E-state index in [9.17, 15) is 13.2 Å². The Morgan fingerprint density at radius 2 is 1.93 bits per heavy atom. The molecule has 40 heavy (non-hydrogen) atoms. The molecule has 0 aliphatic rings. The lowest BCUT2D eigenvalue weighted by molar-refractivity contribution is -0.110. The first-order chi connectivity index (χ1) is 19.4. The van der Waals surface area contributed by atoms with Gasteiger partial charge in [-0.15, -0.1) is 11.3 Å². The molecule has 3 heterocycles. The molecule has 3 aromatic heterocycles. The van der Waals surface area contributed by atoms with Crippen LogP contribution >= 0.6 is 22.7 Å². The lowest BCUT2D eigenvalue weighted by Crippen LogP contribution is -2.24. The molecule has 1 aromatic carbocycles. The van der Waals surface area contributed by atoms with E-state index >= 15 is 0 Å². The van der Waals surface area contributed by atoms with E-state index in [0.29, 0.717) is 58.1 Å². The predicted molar refractivity (Wildman–Crippen MR) is 154 cm³/mol. The summed E-state index contributed by atoms with van der Waals surface area (Å²) in [5, 5.41) is 12.6. The van der Waals surface area contributed by atoms with Crippen molar-refractivity contribution < 1.29 is 27.5 Å². The number of methoxy groups -OCH3 is 1. The number of sulfone groups is 1. The molecule has 0 fully saturated rings. The number of rotatable bonds is 15. The van der Waals surface area contributed by atoms with Crippen LogP contribution in [0, 0.1) is 0 Å². The third-order valence-corrected chi connectivity index (χ3v) is 8.79. The second-order valence-electron chi connectivity index (χ2n) is 8.23. The molecule has 15 heteroatoms. The highest BCUT2D eigenvalue weighted by atomic mass is 32.2. The van der Waals surface area contributed by atoms with Gasteiger partial charge in [0.1, 0.15) is 22.0 Å². The van der Waals surface area contributed by atoms with E-state index in [1.165, 1.54) is 54.0 Å². The van der Waals surface area contributed by atoms with Gasteiger partial charge in [-0.05, 0) is 31.7 Å². The van der Waals surface area contributed by atoms with Crippen LogP contribution in [0.15, 0.2) is 58.0 Å². The van der Waals surface area contributed by atoms with Crippen molar-refractivity contribution in [3.05, 3.63) is 58.5 Å². The summed E-state index contributed by atoms with van der Waals surface area (Å²) in [5.74, 6) is -0.175. The lowest BCUT2D eigenvalue weighted by atomic mass is 10.1. The number of ether oxygens (including phenoxy) is 2. The summed E-state index contributed by atoms with van der Waals surface area (Å²) < 4.78 is 35.8. The summed E-state index contributed by atoms with van der Waals surface area (Å²) in [6.07, 6.45) is 2.02. The number of thiazole rings is 2. The van der Waals surface area contributed by atoms with Gasteiger partial charge in [0.15, 0.2) is 27.3 Å². The van der Waals surface area contributed by atoms with Crippen LogP contribution in [0.5, 0.6) is 5.88 Å². The number of nitrogens with zero attached hydrogens (tertiary/aromatic N) is 4. The molecule has 0 saturated heterocycles. The molecule has 2 N–H and O–H groups in total. The molecule has 0 saturated carbocycles.